The van der Waals surface area contributed by atoms with Crippen molar-refractivity contribution in [3.8, 4) is 5.75 Å². The van der Waals surface area contributed by atoms with E-state index in [1.54, 1.807) is 13.2 Å². The van der Waals surface area contributed by atoms with Crippen LogP contribution in [-0.2, 0) is 6.54 Å². The molecular weight excluding hydrogens is 288 g/mol. The van der Waals surface area contributed by atoms with Gasteiger partial charge in [0.15, 0.2) is 0 Å². The van der Waals surface area contributed by atoms with Gasteiger partial charge in [-0.15, -0.1) is 0 Å². The van der Waals surface area contributed by atoms with Crippen molar-refractivity contribution in [2.75, 3.05) is 7.11 Å². The van der Waals surface area contributed by atoms with E-state index in [1.165, 1.54) is 5.56 Å². The molecule has 0 saturated carbocycles. The molecule has 23 heavy (non-hydrogen) atoms. The number of aryl methyl sites for hydroxylation is 1. The first-order valence-electron chi connectivity index (χ1n) is 7.45. The Morgan fingerprint density at radius 1 is 1.13 bits per heavy atom. The lowest BCUT2D eigenvalue weighted by Gasteiger charge is -2.09. The predicted octanol–water partition coefficient (Wildman–Crippen LogP) is 3.48. The molecule has 1 aromatic heterocycles. The molecule has 0 spiro atoms. The van der Waals surface area contributed by atoms with Gasteiger partial charge in [-0.05, 0) is 24.6 Å². The molecule has 3 aromatic rings. The van der Waals surface area contributed by atoms with Crippen LogP contribution in [0, 0.1) is 6.92 Å². The van der Waals surface area contributed by atoms with Gasteiger partial charge in [0, 0.05) is 18.0 Å². The number of aromatic nitrogens is 1. The highest BCUT2D eigenvalue weighted by Gasteiger charge is 2.12. The average molecular weight is 306 g/mol. The highest BCUT2D eigenvalue weighted by atomic mass is 16.5. The summed E-state index contributed by atoms with van der Waals surface area (Å²) < 4.78 is 5.37. The molecule has 1 heterocycles. The van der Waals surface area contributed by atoms with Gasteiger partial charge in [-0.25, -0.2) is 4.98 Å². The van der Waals surface area contributed by atoms with Gasteiger partial charge in [-0.3, -0.25) is 4.79 Å². The SMILES string of the molecule is COc1cc(C(=O)NCc2ccc(C)cc2)nc2ccccc12. The van der Waals surface area contributed by atoms with E-state index in [9.17, 15) is 4.79 Å². The summed E-state index contributed by atoms with van der Waals surface area (Å²) in [5.41, 5.74) is 3.35. The Labute approximate surface area is 135 Å². The van der Waals surface area contributed by atoms with Crippen LogP contribution in [0.2, 0.25) is 0 Å². The molecule has 0 aliphatic rings. The minimum Gasteiger partial charge on any atom is -0.496 e. The number of rotatable bonds is 4. The second-order valence-corrected chi connectivity index (χ2v) is 5.40. The number of hydrogen-bond donors (Lipinski definition) is 1. The van der Waals surface area contributed by atoms with Gasteiger partial charge in [-0.2, -0.15) is 0 Å². The van der Waals surface area contributed by atoms with E-state index in [0.717, 1.165) is 16.5 Å². The smallest absolute Gasteiger partial charge is 0.270 e. The van der Waals surface area contributed by atoms with Crippen molar-refractivity contribution < 1.29 is 9.53 Å². The zero-order valence-corrected chi connectivity index (χ0v) is 13.2. The summed E-state index contributed by atoms with van der Waals surface area (Å²) in [7, 11) is 1.59. The molecule has 0 saturated heterocycles. The van der Waals surface area contributed by atoms with E-state index in [2.05, 4.69) is 10.3 Å². The molecule has 3 rings (SSSR count). The molecule has 4 nitrogen and oxygen atoms in total. The topological polar surface area (TPSA) is 51.2 Å². The maximum atomic E-state index is 12.4. The standard InChI is InChI=1S/C19H18N2O2/c1-13-7-9-14(10-8-13)12-20-19(22)17-11-18(23-2)15-5-3-4-6-16(15)21-17/h3-11H,12H2,1-2H3,(H,20,22). The number of ether oxygens (including phenoxy) is 1. The van der Waals surface area contributed by atoms with Gasteiger partial charge in [-0.1, -0.05) is 42.0 Å². The Morgan fingerprint density at radius 2 is 1.87 bits per heavy atom. The third-order valence-corrected chi connectivity index (χ3v) is 3.70. The fourth-order valence-corrected chi connectivity index (χ4v) is 2.41. The molecule has 0 aliphatic carbocycles. The summed E-state index contributed by atoms with van der Waals surface area (Å²) in [6.45, 7) is 2.50. The number of nitrogens with zero attached hydrogens (tertiary/aromatic N) is 1. The molecule has 4 heteroatoms. The van der Waals surface area contributed by atoms with Crippen molar-refractivity contribution in [3.63, 3.8) is 0 Å². The van der Waals surface area contributed by atoms with Gasteiger partial charge in [0.25, 0.3) is 5.91 Å². The van der Waals surface area contributed by atoms with Gasteiger partial charge in [0.2, 0.25) is 0 Å². The monoisotopic (exact) mass is 306 g/mol. The Hall–Kier alpha value is -2.88. The summed E-state index contributed by atoms with van der Waals surface area (Å²) in [6.07, 6.45) is 0. The molecular formula is C19H18N2O2. The van der Waals surface area contributed by atoms with Crippen LogP contribution < -0.4 is 10.1 Å². The molecule has 0 fully saturated rings. The van der Waals surface area contributed by atoms with E-state index in [0.29, 0.717) is 18.0 Å². The molecule has 0 unspecified atom stereocenters. The van der Waals surface area contributed by atoms with Crippen molar-refractivity contribution >= 4 is 16.8 Å². The quantitative estimate of drug-likeness (QED) is 0.803. The van der Waals surface area contributed by atoms with Crippen molar-refractivity contribution in [2.24, 2.45) is 0 Å². The van der Waals surface area contributed by atoms with Crippen LogP contribution in [0.1, 0.15) is 21.6 Å². The van der Waals surface area contributed by atoms with Crippen LogP contribution in [0.25, 0.3) is 10.9 Å². The molecule has 2 aromatic carbocycles. The zero-order valence-electron chi connectivity index (χ0n) is 13.2. The van der Waals surface area contributed by atoms with Gasteiger partial charge < -0.3 is 10.1 Å². The van der Waals surface area contributed by atoms with E-state index < -0.39 is 0 Å². The Balaban J connectivity index is 1.81. The van der Waals surface area contributed by atoms with Gasteiger partial charge >= 0.3 is 0 Å². The first-order valence-corrected chi connectivity index (χ1v) is 7.45. The lowest BCUT2D eigenvalue weighted by Crippen LogP contribution is -2.23. The van der Waals surface area contributed by atoms with Crippen molar-refractivity contribution in [3.05, 3.63) is 71.4 Å². The normalized spacial score (nSPS) is 10.5. The second-order valence-electron chi connectivity index (χ2n) is 5.40. The number of amides is 1. The van der Waals surface area contributed by atoms with Crippen LogP contribution in [-0.4, -0.2) is 18.0 Å². The van der Waals surface area contributed by atoms with Crippen molar-refractivity contribution in [1.29, 1.82) is 0 Å². The molecule has 116 valence electrons. The largest absolute Gasteiger partial charge is 0.496 e. The zero-order chi connectivity index (χ0) is 16.2. The maximum Gasteiger partial charge on any atom is 0.270 e. The third-order valence-electron chi connectivity index (χ3n) is 3.70. The van der Waals surface area contributed by atoms with Crippen LogP contribution in [0.3, 0.4) is 0 Å². The highest BCUT2D eigenvalue weighted by Crippen LogP contribution is 2.24. The summed E-state index contributed by atoms with van der Waals surface area (Å²) in [6, 6.07) is 17.3. The van der Waals surface area contributed by atoms with Crippen molar-refractivity contribution in [2.45, 2.75) is 13.5 Å². The molecule has 1 N–H and O–H groups in total. The number of hydrogen-bond acceptors (Lipinski definition) is 3. The first-order chi connectivity index (χ1) is 11.2. The van der Waals surface area contributed by atoms with Gasteiger partial charge in [0.1, 0.15) is 11.4 Å². The van der Waals surface area contributed by atoms with Crippen LogP contribution in [0.15, 0.2) is 54.6 Å². The van der Waals surface area contributed by atoms with Crippen LogP contribution in [0.5, 0.6) is 5.75 Å². The summed E-state index contributed by atoms with van der Waals surface area (Å²) in [4.78, 5) is 16.8. The number of fused-ring (bicyclic) bond motifs is 1. The molecule has 0 radical (unpaired) electrons. The maximum absolute atomic E-state index is 12.4. The number of pyridine rings is 1. The Morgan fingerprint density at radius 3 is 2.61 bits per heavy atom. The summed E-state index contributed by atoms with van der Waals surface area (Å²) >= 11 is 0. The lowest BCUT2D eigenvalue weighted by atomic mass is 10.1. The lowest BCUT2D eigenvalue weighted by molar-refractivity contribution is 0.0946. The fourth-order valence-electron chi connectivity index (χ4n) is 2.41. The number of carbonyl (C=O) groups is 1. The van der Waals surface area contributed by atoms with E-state index in [-0.39, 0.29) is 5.91 Å². The minimum absolute atomic E-state index is 0.213. The molecule has 1 amide bonds. The van der Waals surface area contributed by atoms with E-state index >= 15 is 0 Å². The number of carbonyl (C=O) groups excluding carboxylic acids is 1. The summed E-state index contributed by atoms with van der Waals surface area (Å²) in [5.74, 6) is 0.436. The second kappa shape index (κ2) is 6.48. The van der Waals surface area contributed by atoms with Crippen LogP contribution >= 0.6 is 0 Å². The van der Waals surface area contributed by atoms with E-state index in [4.69, 9.17) is 4.74 Å². The Bertz CT molecular complexity index is 842. The van der Waals surface area contributed by atoms with Crippen molar-refractivity contribution in [1.82, 2.24) is 10.3 Å². The fraction of sp³-hybridized carbons (Fsp3) is 0.158. The Kier molecular flexibility index (Phi) is 4.24. The predicted molar refractivity (Wildman–Crippen MR) is 90.6 cm³/mol. The number of benzene rings is 2. The average Bonchev–Trinajstić information content (AvgIpc) is 2.60. The van der Waals surface area contributed by atoms with Crippen LogP contribution in [0.4, 0.5) is 0 Å². The highest BCUT2D eigenvalue weighted by molar-refractivity contribution is 5.96. The number of para-hydroxylation sites is 1. The van der Waals surface area contributed by atoms with Gasteiger partial charge in [0.05, 0.1) is 12.6 Å². The number of nitrogens with one attached hydrogen (secondary N) is 1. The minimum atomic E-state index is -0.213. The molecule has 0 aliphatic heterocycles. The van der Waals surface area contributed by atoms with E-state index in [1.807, 2.05) is 55.5 Å². The molecule has 0 atom stereocenters. The third kappa shape index (κ3) is 3.31. The number of methoxy groups -OCH3 is 1. The first kappa shape index (κ1) is 15.0. The molecule has 0 bridgehead atoms. The summed E-state index contributed by atoms with van der Waals surface area (Å²) in [5, 5.41) is 3.79.